The van der Waals surface area contributed by atoms with Crippen LogP contribution in [0.15, 0.2) is 58.4 Å². The van der Waals surface area contributed by atoms with E-state index in [9.17, 15) is 4.79 Å². The molecule has 134 valence electrons. The van der Waals surface area contributed by atoms with Crippen LogP contribution in [0.25, 0.3) is 33.7 Å². The van der Waals surface area contributed by atoms with Crippen LogP contribution in [0.2, 0.25) is 5.15 Å². The Morgan fingerprint density at radius 3 is 2.41 bits per heavy atom. The molecule has 0 saturated carbocycles. The lowest BCUT2D eigenvalue weighted by atomic mass is 10.0. The number of thioether (sulfide) groups is 1. The number of H-pyrrole nitrogens is 1. The minimum atomic E-state index is -0.168. The molecule has 4 rings (SSSR count). The molecule has 0 aliphatic carbocycles. The summed E-state index contributed by atoms with van der Waals surface area (Å²) in [5.41, 5.74) is 4.32. The van der Waals surface area contributed by atoms with E-state index in [1.165, 1.54) is 11.8 Å². The zero-order valence-corrected chi connectivity index (χ0v) is 16.2. The molecule has 0 radical (unpaired) electrons. The van der Waals surface area contributed by atoms with Gasteiger partial charge in [0.25, 0.3) is 0 Å². The van der Waals surface area contributed by atoms with E-state index in [0.717, 1.165) is 21.8 Å². The summed E-state index contributed by atoms with van der Waals surface area (Å²) >= 11 is 7.61. The van der Waals surface area contributed by atoms with E-state index in [4.69, 9.17) is 16.6 Å². The van der Waals surface area contributed by atoms with Gasteiger partial charge in [-0.3, -0.25) is 4.79 Å². The van der Waals surface area contributed by atoms with Gasteiger partial charge in [-0.05, 0) is 25.3 Å². The van der Waals surface area contributed by atoms with Gasteiger partial charge in [-0.25, -0.2) is 15.0 Å². The minimum absolute atomic E-state index is 0.168. The van der Waals surface area contributed by atoms with Crippen molar-refractivity contribution in [3.8, 4) is 22.5 Å². The van der Waals surface area contributed by atoms with Crippen molar-refractivity contribution in [2.24, 2.45) is 0 Å². The summed E-state index contributed by atoms with van der Waals surface area (Å²) in [6.07, 6.45) is 1.90. The van der Waals surface area contributed by atoms with Gasteiger partial charge in [0.1, 0.15) is 5.15 Å². The average molecular weight is 395 g/mol. The molecule has 0 aliphatic heterocycles. The monoisotopic (exact) mass is 394 g/mol. The van der Waals surface area contributed by atoms with Crippen LogP contribution in [0.3, 0.4) is 0 Å². The first kappa shape index (κ1) is 17.7. The number of benzene rings is 1. The Morgan fingerprint density at radius 2 is 1.70 bits per heavy atom. The fourth-order valence-corrected chi connectivity index (χ4v) is 3.58. The Kier molecular flexibility index (Phi) is 4.68. The predicted octanol–water partition coefficient (Wildman–Crippen LogP) is 4.73. The number of aromatic amines is 1. The first-order valence-electron chi connectivity index (χ1n) is 8.24. The summed E-state index contributed by atoms with van der Waals surface area (Å²) in [4.78, 5) is 29.4. The van der Waals surface area contributed by atoms with Gasteiger partial charge in [0.05, 0.1) is 16.4 Å². The van der Waals surface area contributed by atoms with Crippen LogP contribution in [0.5, 0.6) is 0 Å². The quantitative estimate of drug-likeness (QED) is 0.401. The Balaban J connectivity index is 2.09. The average Bonchev–Trinajstić information content (AvgIpc) is 2.67. The number of pyridine rings is 2. The van der Waals surface area contributed by atoms with Crippen molar-refractivity contribution in [1.29, 1.82) is 0 Å². The van der Waals surface area contributed by atoms with Gasteiger partial charge < -0.3 is 4.98 Å². The van der Waals surface area contributed by atoms with Gasteiger partial charge in [0.2, 0.25) is 5.43 Å². The summed E-state index contributed by atoms with van der Waals surface area (Å²) in [7, 11) is 0. The number of rotatable bonds is 3. The normalized spacial score (nSPS) is 11.1. The van der Waals surface area contributed by atoms with Gasteiger partial charge >= 0.3 is 0 Å². The highest BCUT2D eigenvalue weighted by Gasteiger charge is 2.16. The lowest BCUT2D eigenvalue weighted by Gasteiger charge is -2.11. The van der Waals surface area contributed by atoms with Crippen LogP contribution in [-0.2, 0) is 0 Å². The molecule has 1 N–H and O–H groups in total. The molecule has 0 spiro atoms. The standard InChI is InChI=1S/C20H15ClN4OS/c1-11-8-13(9-15(21)22-11)18-17(12-6-4-3-5-7-12)25-20-19(24-18)14(26)10-16(23-20)27-2/h3-10H,1-2H3,(H,23,25,26). The van der Waals surface area contributed by atoms with Crippen LogP contribution in [0, 0.1) is 6.92 Å². The maximum absolute atomic E-state index is 12.5. The van der Waals surface area contributed by atoms with Crippen LogP contribution >= 0.6 is 23.4 Å². The molecule has 3 aromatic heterocycles. The molecule has 0 unspecified atom stereocenters. The smallest absolute Gasteiger partial charge is 0.210 e. The number of hydrogen-bond acceptors (Lipinski definition) is 5. The number of aromatic nitrogens is 4. The Bertz CT molecular complexity index is 1190. The fourth-order valence-electron chi connectivity index (χ4n) is 2.91. The van der Waals surface area contributed by atoms with Crippen LogP contribution in [0.4, 0.5) is 0 Å². The number of nitrogens with zero attached hydrogens (tertiary/aromatic N) is 3. The third-order valence-electron chi connectivity index (χ3n) is 4.10. The highest BCUT2D eigenvalue weighted by atomic mass is 35.5. The van der Waals surface area contributed by atoms with Gasteiger partial charge in [0, 0.05) is 22.9 Å². The summed E-state index contributed by atoms with van der Waals surface area (Å²) in [6.45, 7) is 1.86. The van der Waals surface area contributed by atoms with E-state index < -0.39 is 0 Å². The highest BCUT2D eigenvalue weighted by molar-refractivity contribution is 7.98. The molecule has 3 heterocycles. The predicted molar refractivity (Wildman–Crippen MR) is 110 cm³/mol. The summed E-state index contributed by atoms with van der Waals surface area (Å²) < 4.78 is 0. The summed E-state index contributed by atoms with van der Waals surface area (Å²) in [5, 5.41) is 1.12. The molecule has 5 nitrogen and oxygen atoms in total. The molecule has 0 fully saturated rings. The van der Waals surface area contributed by atoms with E-state index in [2.05, 4.69) is 15.0 Å². The second kappa shape index (κ2) is 7.13. The van der Waals surface area contributed by atoms with Gasteiger partial charge in [-0.15, -0.1) is 11.8 Å². The van der Waals surface area contributed by atoms with Crippen molar-refractivity contribution in [3.05, 3.63) is 69.6 Å². The lowest BCUT2D eigenvalue weighted by Crippen LogP contribution is -2.08. The number of nitrogens with one attached hydrogen (secondary N) is 1. The largest absolute Gasteiger partial charge is 0.333 e. The van der Waals surface area contributed by atoms with E-state index in [1.807, 2.05) is 49.6 Å². The number of hydrogen-bond donors (Lipinski definition) is 1. The Hall–Kier alpha value is -2.70. The molecule has 0 amide bonds. The van der Waals surface area contributed by atoms with Gasteiger partial charge in [-0.1, -0.05) is 41.9 Å². The molecular formula is C20H15ClN4OS. The molecule has 7 heteroatoms. The van der Waals surface area contributed by atoms with Crippen LogP contribution in [0.1, 0.15) is 5.69 Å². The molecule has 27 heavy (non-hydrogen) atoms. The Labute approximate surface area is 164 Å². The molecule has 0 saturated heterocycles. The van der Waals surface area contributed by atoms with Crippen molar-refractivity contribution in [3.63, 3.8) is 0 Å². The fraction of sp³-hybridized carbons (Fsp3) is 0.100. The second-order valence-corrected chi connectivity index (χ2v) is 7.24. The highest BCUT2D eigenvalue weighted by Crippen LogP contribution is 2.31. The van der Waals surface area contributed by atoms with E-state index in [-0.39, 0.29) is 5.43 Å². The van der Waals surface area contributed by atoms with Gasteiger partial charge in [-0.2, -0.15) is 0 Å². The maximum Gasteiger partial charge on any atom is 0.210 e. The number of halogens is 1. The summed E-state index contributed by atoms with van der Waals surface area (Å²) in [6, 6.07) is 14.9. The molecule has 0 aliphatic rings. The number of fused-ring (bicyclic) bond motifs is 1. The minimum Gasteiger partial charge on any atom is -0.333 e. The first-order chi connectivity index (χ1) is 13.0. The maximum atomic E-state index is 12.5. The SMILES string of the molecule is CSc1cc(=O)c2nc(-c3cc(C)nc(Cl)c3)c(-c3ccccc3)nc2[nH]1. The van der Waals surface area contributed by atoms with E-state index >= 15 is 0 Å². The molecule has 0 bridgehead atoms. The van der Waals surface area contributed by atoms with Crippen molar-refractivity contribution >= 4 is 34.5 Å². The lowest BCUT2D eigenvalue weighted by molar-refractivity contribution is 1.11. The third-order valence-corrected chi connectivity index (χ3v) is 4.95. The molecule has 1 aromatic carbocycles. The summed E-state index contributed by atoms with van der Waals surface area (Å²) in [5.74, 6) is 0. The van der Waals surface area contributed by atoms with Crippen LogP contribution < -0.4 is 5.43 Å². The first-order valence-corrected chi connectivity index (χ1v) is 9.84. The van der Waals surface area contributed by atoms with Crippen molar-refractivity contribution in [2.75, 3.05) is 6.26 Å². The second-order valence-electron chi connectivity index (χ2n) is 6.01. The number of aryl methyl sites for hydroxylation is 1. The Morgan fingerprint density at radius 1 is 0.963 bits per heavy atom. The molecular weight excluding hydrogens is 380 g/mol. The van der Waals surface area contributed by atoms with Crippen molar-refractivity contribution in [1.82, 2.24) is 19.9 Å². The van der Waals surface area contributed by atoms with Crippen molar-refractivity contribution in [2.45, 2.75) is 11.9 Å². The van der Waals surface area contributed by atoms with Gasteiger partial charge in [0.15, 0.2) is 11.2 Å². The van der Waals surface area contributed by atoms with E-state index in [1.54, 1.807) is 12.1 Å². The zero-order chi connectivity index (χ0) is 19.0. The molecule has 0 atom stereocenters. The van der Waals surface area contributed by atoms with Crippen LogP contribution in [-0.4, -0.2) is 26.2 Å². The van der Waals surface area contributed by atoms with E-state index in [0.29, 0.717) is 27.7 Å². The topological polar surface area (TPSA) is 71.5 Å². The zero-order valence-electron chi connectivity index (χ0n) is 14.7. The third kappa shape index (κ3) is 3.46. The van der Waals surface area contributed by atoms with Crippen molar-refractivity contribution < 1.29 is 0 Å². The molecule has 4 aromatic rings.